The molecule has 0 aliphatic carbocycles. The van der Waals surface area contributed by atoms with Gasteiger partial charge in [0.25, 0.3) is 5.91 Å². The molecule has 1 amide bonds. The summed E-state index contributed by atoms with van der Waals surface area (Å²) in [5, 5.41) is 18.3. The maximum absolute atomic E-state index is 12.9. The number of methoxy groups -OCH3 is 1. The van der Waals surface area contributed by atoms with Crippen LogP contribution in [0.15, 0.2) is 42.5 Å². The van der Waals surface area contributed by atoms with E-state index in [-0.39, 0.29) is 12.0 Å². The van der Waals surface area contributed by atoms with Gasteiger partial charge in [0.2, 0.25) is 0 Å². The number of benzene rings is 2. The van der Waals surface area contributed by atoms with Crippen molar-refractivity contribution in [3.63, 3.8) is 0 Å². The van der Waals surface area contributed by atoms with Crippen molar-refractivity contribution in [1.82, 2.24) is 10.2 Å². The number of morpholine rings is 1. The average Bonchev–Trinajstić information content (AvgIpc) is 2.89. The number of anilines is 1. The number of halogens is 1. The molecule has 202 valence electrons. The number of carbonyl (C=O) groups excluding carboxylic acids is 1. The molecule has 1 heterocycles. The number of carbonyl (C=O) groups is 3. The molecule has 1 aliphatic heterocycles. The fourth-order valence-corrected chi connectivity index (χ4v) is 4.17. The summed E-state index contributed by atoms with van der Waals surface area (Å²) in [6.45, 7) is 9.40. The van der Waals surface area contributed by atoms with Gasteiger partial charge in [0, 0.05) is 45.3 Å². The fraction of sp³-hybridized carbons (Fsp3) is 0.423. The zero-order valence-electron chi connectivity index (χ0n) is 21.3. The van der Waals surface area contributed by atoms with Crippen molar-refractivity contribution in [3.05, 3.63) is 58.6 Å². The number of ether oxygens (including phenoxy) is 2. The number of rotatable bonds is 9. The smallest absolute Gasteiger partial charge is 0.414 e. The van der Waals surface area contributed by atoms with Gasteiger partial charge in [-0.1, -0.05) is 41.9 Å². The Morgan fingerprint density at radius 3 is 2.35 bits per heavy atom. The Kier molecular flexibility index (Phi) is 12.1. The minimum absolute atomic E-state index is 0.0576. The van der Waals surface area contributed by atoms with E-state index in [1.807, 2.05) is 12.1 Å². The van der Waals surface area contributed by atoms with Crippen molar-refractivity contribution in [2.45, 2.75) is 26.5 Å². The second kappa shape index (κ2) is 15.0. The number of hydrogen-bond donors (Lipinski definition) is 3. The molecule has 1 saturated heterocycles. The van der Waals surface area contributed by atoms with Gasteiger partial charge >= 0.3 is 11.9 Å². The van der Waals surface area contributed by atoms with E-state index < -0.39 is 11.9 Å². The van der Waals surface area contributed by atoms with Crippen LogP contribution in [0.3, 0.4) is 0 Å². The van der Waals surface area contributed by atoms with Gasteiger partial charge in [0.15, 0.2) is 0 Å². The molecule has 1 atom stereocenters. The van der Waals surface area contributed by atoms with Gasteiger partial charge in [0.05, 0.1) is 36.1 Å². The van der Waals surface area contributed by atoms with Crippen LogP contribution in [-0.4, -0.2) is 85.5 Å². The lowest BCUT2D eigenvalue weighted by atomic mass is 10.1. The first-order valence-corrected chi connectivity index (χ1v) is 12.3. The Hall–Kier alpha value is -3.34. The van der Waals surface area contributed by atoms with Gasteiger partial charge in [-0.3, -0.25) is 9.69 Å². The molecule has 2 aromatic carbocycles. The summed E-state index contributed by atoms with van der Waals surface area (Å²) in [4.78, 5) is 35.6. The van der Waals surface area contributed by atoms with Gasteiger partial charge in [-0.25, -0.2) is 9.59 Å². The molecule has 2 aromatic rings. The summed E-state index contributed by atoms with van der Waals surface area (Å²) in [5.74, 6) is -3.35. The number of hydrogen-bond acceptors (Lipinski definition) is 7. The molecular weight excluding hydrogens is 502 g/mol. The lowest BCUT2D eigenvalue weighted by molar-refractivity contribution is -0.159. The van der Waals surface area contributed by atoms with Gasteiger partial charge in [-0.05, 0) is 25.5 Å². The molecule has 37 heavy (non-hydrogen) atoms. The Labute approximate surface area is 221 Å². The van der Waals surface area contributed by atoms with Crippen LogP contribution in [0.4, 0.5) is 5.69 Å². The third-order valence-electron chi connectivity index (χ3n) is 5.76. The molecule has 1 aliphatic rings. The molecule has 0 radical (unpaired) electrons. The Morgan fingerprint density at radius 2 is 1.78 bits per heavy atom. The topological polar surface area (TPSA) is 129 Å². The predicted octanol–water partition coefficient (Wildman–Crippen LogP) is 2.98. The molecular formula is C26H34ClN3O7. The summed E-state index contributed by atoms with van der Waals surface area (Å²) in [6.07, 6.45) is -0.0576. The molecule has 11 heteroatoms. The van der Waals surface area contributed by atoms with Gasteiger partial charge in [0.1, 0.15) is 5.75 Å². The molecule has 0 saturated carbocycles. The molecule has 0 aromatic heterocycles. The number of nitrogens with zero attached hydrogens (tertiary/aromatic N) is 2. The van der Waals surface area contributed by atoms with E-state index in [9.17, 15) is 4.79 Å². The summed E-state index contributed by atoms with van der Waals surface area (Å²) in [5.41, 5.74) is 2.58. The highest BCUT2D eigenvalue weighted by molar-refractivity contribution is 6.33. The highest BCUT2D eigenvalue weighted by Gasteiger charge is 2.23. The second-order valence-electron chi connectivity index (χ2n) is 8.21. The van der Waals surface area contributed by atoms with Crippen LogP contribution in [0, 0.1) is 0 Å². The molecule has 10 nitrogen and oxygen atoms in total. The van der Waals surface area contributed by atoms with Crippen LogP contribution in [0.2, 0.25) is 5.02 Å². The van der Waals surface area contributed by atoms with Crippen LogP contribution in [0.25, 0.3) is 0 Å². The monoisotopic (exact) mass is 535 g/mol. The third-order valence-corrected chi connectivity index (χ3v) is 6.07. The Bertz CT molecular complexity index is 1040. The zero-order chi connectivity index (χ0) is 27.4. The quantitative estimate of drug-likeness (QED) is 0.415. The molecule has 0 bridgehead atoms. The van der Waals surface area contributed by atoms with Crippen molar-refractivity contribution < 1.29 is 34.1 Å². The zero-order valence-corrected chi connectivity index (χ0v) is 22.0. The van der Waals surface area contributed by atoms with Crippen molar-refractivity contribution >= 4 is 35.1 Å². The van der Waals surface area contributed by atoms with Crippen LogP contribution in [-0.2, 0) is 20.9 Å². The number of nitrogens with one attached hydrogen (secondary N) is 1. The van der Waals surface area contributed by atoms with Crippen molar-refractivity contribution in [1.29, 1.82) is 0 Å². The van der Waals surface area contributed by atoms with E-state index in [2.05, 4.69) is 53.2 Å². The van der Waals surface area contributed by atoms with Crippen LogP contribution in [0.5, 0.6) is 5.75 Å². The highest BCUT2D eigenvalue weighted by atomic mass is 35.5. The number of carboxylic acid groups (broad SMARTS) is 2. The molecule has 0 spiro atoms. The summed E-state index contributed by atoms with van der Waals surface area (Å²) >= 11 is 6.49. The number of aliphatic carboxylic acids is 2. The lowest BCUT2D eigenvalue weighted by Gasteiger charge is -2.33. The maximum Gasteiger partial charge on any atom is 0.414 e. The predicted molar refractivity (Wildman–Crippen MR) is 141 cm³/mol. The first kappa shape index (κ1) is 29.9. The van der Waals surface area contributed by atoms with Crippen LogP contribution >= 0.6 is 11.6 Å². The molecule has 1 fully saturated rings. The minimum Gasteiger partial charge on any atom is -0.496 e. The van der Waals surface area contributed by atoms with E-state index in [4.69, 9.17) is 40.9 Å². The number of carboxylic acids is 2. The van der Waals surface area contributed by atoms with Gasteiger partial charge < -0.3 is 29.9 Å². The normalized spacial score (nSPS) is 15.2. The summed E-state index contributed by atoms with van der Waals surface area (Å²) in [6, 6.07) is 13.9. The van der Waals surface area contributed by atoms with E-state index in [1.54, 1.807) is 13.2 Å². The van der Waals surface area contributed by atoms with Crippen molar-refractivity contribution in [3.8, 4) is 5.75 Å². The fourth-order valence-electron chi connectivity index (χ4n) is 3.89. The second-order valence-corrected chi connectivity index (χ2v) is 8.62. The summed E-state index contributed by atoms with van der Waals surface area (Å²) in [7, 11) is 1.57. The van der Waals surface area contributed by atoms with Crippen molar-refractivity contribution in [2.24, 2.45) is 0 Å². The van der Waals surface area contributed by atoms with E-state index in [1.165, 1.54) is 5.56 Å². The SMILES string of the molecule is CCN(CC)c1cc(OC)c(C(=O)NCC2CN(Cc3ccccc3)CCO2)cc1Cl.O=C(O)C(=O)O. The van der Waals surface area contributed by atoms with E-state index in [0.29, 0.717) is 29.5 Å². The third kappa shape index (κ3) is 9.23. The van der Waals surface area contributed by atoms with Crippen molar-refractivity contribution in [2.75, 3.05) is 51.3 Å². The first-order chi connectivity index (χ1) is 17.7. The lowest BCUT2D eigenvalue weighted by Crippen LogP contribution is -2.47. The molecule has 1 unspecified atom stereocenters. The molecule has 3 N–H and O–H groups in total. The first-order valence-electron chi connectivity index (χ1n) is 11.9. The molecule has 3 rings (SSSR count). The van der Waals surface area contributed by atoms with Crippen LogP contribution < -0.4 is 15.0 Å². The Morgan fingerprint density at radius 1 is 1.14 bits per heavy atom. The standard InChI is InChI=1S/C24H32ClN3O3.C2H2O4/c1-4-28(5-2)22-14-23(30-3)20(13-21(22)25)24(29)26-15-19-17-27(11-12-31-19)16-18-9-7-6-8-10-18;3-1(4)2(5)6/h6-10,13-14,19H,4-5,11-12,15-17H2,1-3H3,(H,26,29);(H,3,4)(H,5,6). The largest absolute Gasteiger partial charge is 0.496 e. The van der Waals surface area contributed by atoms with Gasteiger partial charge in [-0.15, -0.1) is 0 Å². The minimum atomic E-state index is -1.82. The van der Waals surface area contributed by atoms with E-state index in [0.717, 1.165) is 38.4 Å². The Balaban J connectivity index is 0.000000717. The number of amides is 1. The summed E-state index contributed by atoms with van der Waals surface area (Å²) < 4.78 is 11.4. The highest BCUT2D eigenvalue weighted by Crippen LogP contribution is 2.33. The maximum atomic E-state index is 12.9. The van der Waals surface area contributed by atoms with Crippen LogP contribution in [0.1, 0.15) is 29.8 Å². The van der Waals surface area contributed by atoms with E-state index >= 15 is 0 Å². The van der Waals surface area contributed by atoms with Gasteiger partial charge in [-0.2, -0.15) is 0 Å². The average molecular weight is 536 g/mol.